The first kappa shape index (κ1) is 22.2. The van der Waals surface area contributed by atoms with Crippen LogP contribution in [0.5, 0.6) is 0 Å². The average Bonchev–Trinajstić information content (AvgIpc) is 2.84. The second-order valence-electron chi connectivity index (χ2n) is 8.63. The minimum Gasteiger partial charge on any atom is -0.326 e. The van der Waals surface area contributed by atoms with Crippen molar-refractivity contribution in [2.75, 3.05) is 0 Å². The van der Waals surface area contributed by atoms with E-state index in [4.69, 9.17) is 5.73 Å². The largest absolute Gasteiger partial charge is 0.326 e. The van der Waals surface area contributed by atoms with E-state index in [-0.39, 0.29) is 5.82 Å². The minimum absolute atomic E-state index is 0.173. The predicted octanol–water partition coefficient (Wildman–Crippen LogP) is 8.28. The summed E-state index contributed by atoms with van der Waals surface area (Å²) in [6.07, 6.45) is 7.67. The number of hydrogen-bond acceptors (Lipinski definition) is 1. The summed E-state index contributed by atoms with van der Waals surface area (Å²) < 4.78 is 15.3. The Morgan fingerprint density at radius 1 is 0.656 bits per heavy atom. The van der Waals surface area contributed by atoms with E-state index >= 15 is 4.39 Å². The van der Waals surface area contributed by atoms with E-state index in [2.05, 4.69) is 37.3 Å². The van der Waals surface area contributed by atoms with Crippen LogP contribution >= 0.6 is 0 Å². The van der Waals surface area contributed by atoms with Crippen LogP contribution in [0.25, 0.3) is 33.0 Å². The maximum Gasteiger partial charge on any atom is 0.138 e. The zero-order chi connectivity index (χ0) is 22.3. The zero-order valence-corrected chi connectivity index (χ0v) is 18.9. The molecule has 0 spiro atoms. The molecule has 0 aromatic heterocycles. The van der Waals surface area contributed by atoms with Gasteiger partial charge in [0, 0.05) is 17.5 Å². The van der Waals surface area contributed by atoms with Gasteiger partial charge in [0.1, 0.15) is 5.82 Å². The van der Waals surface area contributed by atoms with Crippen LogP contribution in [-0.4, -0.2) is 0 Å². The lowest BCUT2D eigenvalue weighted by Crippen LogP contribution is -1.95. The Balaban J connectivity index is 1.52. The third-order valence-electron chi connectivity index (χ3n) is 6.31. The van der Waals surface area contributed by atoms with Gasteiger partial charge in [0.15, 0.2) is 0 Å². The highest BCUT2D eigenvalue weighted by Crippen LogP contribution is 2.32. The van der Waals surface area contributed by atoms with Gasteiger partial charge in [-0.3, -0.25) is 0 Å². The highest BCUT2D eigenvalue weighted by molar-refractivity contribution is 5.91. The lowest BCUT2D eigenvalue weighted by Gasteiger charge is -2.10. The Kier molecular flexibility index (Phi) is 7.34. The molecule has 0 aliphatic rings. The van der Waals surface area contributed by atoms with E-state index in [0.717, 1.165) is 28.5 Å². The SMILES string of the molecule is CCCCCCCc1ccc(-c2ccc3c(F)c(-c4ccc(CN)cc4)ccc3c2)cc1. The average molecular weight is 426 g/mol. The lowest BCUT2D eigenvalue weighted by molar-refractivity contribution is 0.632. The highest BCUT2D eigenvalue weighted by atomic mass is 19.1. The first-order valence-corrected chi connectivity index (χ1v) is 11.8. The molecule has 4 aromatic rings. The molecule has 0 unspecified atom stereocenters. The van der Waals surface area contributed by atoms with Crippen molar-refractivity contribution in [2.45, 2.75) is 52.0 Å². The van der Waals surface area contributed by atoms with Crippen molar-refractivity contribution in [1.29, 1.82) is 0 Å². The Hall–Kier alpha value is -2.97. The van der Waals surface area contributed by atoms with Crippen LogP contribution < -0.4 is 5.73 Å². The van der Waals surface area contributed by atoms with E-state index in [1.807, 2.05) is 48.5 Å². The summed E-state index contributed by atoms with van der Waals surface area (Å²) in [7, 11) is 0. The molecular formula is C30H32FN. The number of fused-ring (bicyclic) bond motifs is 1. The third-order valence-corrected chi connectivity index (χ3v) is 6.31. The number of benzene rings is 4. The van der Waals surface area contributed by atoms with Crippen molar-refractivity contribution in [3.05, 3.63) is 95.8 Å². The number of halogens is 1. The van der Waals surface area contributed by atoms with E-state index in [9.17, 15) is 0 Å². The molecule has 0 radical (unpaired) electrons. The highest BCUT2D eigenvalue weighted by Gasteiger charge is 2.10. The molecule has 0 atom stereocenters. The lowest BCUT2D eigenvalue weighted by atomic mass is 9.96. The van der Waals surface area contributed by atoms with E-state index in [1.165, 1.54) is 43.2 Å². The van der Waals surface area contributed by atoms with Crippen molar-refractivity contribution in [3.63, 3.8) is 0 Å². The van der Waals surface area contributed by atoms with Crippen molar-refractivity contribution in [3.8, 4) is 22.3 Å². The predicted molar refractivity (Wildman–Crippen MR) is 135 cm³/mol. The van der Waals surface area contributed by atoms with Gasteiger partial charge in [-0.2, -0.15) is 0 Å². The third kappa shape index (κ3) is 5.08. The second-order valence-corrected chi connectivity index (χ2v) is 8.63. The first-order chi connectivity index (χ1) is 15.7. The fraction of sp³-hybridized carbons (Fsp3) is 0.267. The molecule has 0 heterocycles. The van der Waals surface area contributed by atoms with Gasteiger partial charge in [-0.05, 0) is 52.1 Å². The second kappa shape index (κ2) is 10.6. The van der Waals surface area contributed by atoms with Gasteiger partial charge in [-0.1, -0.05) is 105 Å². The topological polar surface area (TPSA) is 26.0 Å². The summed E-state index contributed by atoms with van der Waals surface area (Å²) in [6, 6.07) is 26.5. The van der Waals surface area contributed by atoms with Gasteiger partial charge in [-0.25, -0.2) is 4.39 Å². The molecule has 0 amide bonds. The summed E-state index contributed by atoms with van der Waals surface area (Å²) in [5.74, 6) is -0.173. The van der Waals surface area contributed by atoms with E-state index in [0.29, 0.717) is 17.5 Å². The van der Waals surface area contributed by atoms with Gasteiger partial charge in [0.25, 0.3) is 0 Å². The van der Waals surface area contributed by atoms with Gasteiger partial charge in [0.2, 0.25) is 0 Å². The zero-order valence-electron chi connectivity index (χ0n) is 18.9. The van der Waals surface area contributed by atoms with Gasteiger partial charge in [0.05, 0.1) is 0 Å². The maximum absolute atomic E-state index is 15.3. The molecule has 2 N–H and O–H groups in total. The summed E-state index contributed by atoms with van der Waals surface area (Å²) >= 11 is 0. The Bertz CT molecular complexity index is 1160. The fourth-order valence-electron chi connectivity index (χ4n) is 4.31. The van der Waals surface area contributed by atoms with E-state index < -0.39 is 0 Å². The quantitative estimate of drug-likeness (QED) is 0.268. The summed E-state index contributed by atoms with van der Waals surface area (Å²) in [5.41, 5.74) is 11.9. The Labute approximate surface area is 191 Å². The number of aryl methyl sites for hydroxylation is 1. The molecule has 0 aliphatic carbocycles. The van der Waals surface area contributed by atoms with Crippen LogP contribution in [0.3, 0.4) is 0 Å². The summed E-state index contributed by atoms with van der Waals surface area (Å²) in [5, 5.41) is 1.57. The standard InChI is InChI=1S/C30H32FN/c1-2-3-4-5-6-7-22-8-12-24(13-9-22)26-16-18-29-27(20-26)17-19-28(30(29)31)25-14-10-23(21-32)11-15-25/h8-20H,2-7,21,32H2,1H3. The Morgan fingerprint density at radius 2 is 1.31 bits per heavy atom. The van der Waals surface area contributed by atoms with Crippen LogP contribution in [-0.2, 0) is 13.0 Å². The molecule has 0 fully saturated rings. The van der Waals surface area contributed by atoms with Crippen LogP contribution in [0.2, 0.25) is 0 Å². The van der Waals surface area contributed by atoms with Crippen molar-refractivity contribution < 1.29 is 4.39 Å². The monoisotopic (exact) mass is 425 g/mol. The Morgan fingerprint density at radius 3 is 2.03 bits per heavy atom. The molecule has 4 aromatic carbocycles. The van der Waals surface area contributed by atoms with Crippen LogP contribution in [0.15, 0.2) is 78.9 Å². The normalized spacial score (nSPS) is 11.2. The molecule has 0 bridgehead atoms. The minimum atomic E-state index is -0.173. The van der Waals surface area contributed by atoms with Crippen LogP contribution in [0.4, 0.5) is 4.39 Å². The van der Waals surface area contributed by atoms with E-state index in [1.54, 1.807) is 0 Å². The number of unbranched alkanes of at least 4 members (excludes halogenated alkanes) is 4. The van der Waals surface area contributed by atoms with Gasteiger partial charge in [-0.15, -0.1) is 0 Å². The molecule has 4 rings (SSSR count). The van der Waals surface area contributed by atoms with Gasteiger partial charge < -0.3 is 5.73 Å². The molecule has 1 nitrogen and oxygen atoms in total. The van der Waals surface area contributed by atoms with Gasteiger partial charge >= 0.3 is 0 Å². The van der Waals surface area contributed by atoms with Crippen LogP contribution in [0.1, 0.15) is 50.2 Å². The van der Waals surface area contributed by atoms with Crippen molar-refractivity contribution in [2.24, 2.45) is 5.73 Å². The smallest absolute Gasteiger partial charge is 0.138 e. The van der Waals surface area contributed by atoms with Crippen molar-refractivity contribution >= 4 is 10.8 Å². The number of nitrogens with two attached hydrogens (primary N) is 1. The number of rotatable bonds is 9. The molecule has 32 heavy (non-hydrogen) atoms. The van der Waals surface area contributed by atoms with Crippen LogP contribution in [0, 0.1) is 5.82 Å². The molecule has 0 aliphatic heterocycles. The molecule has 2 heteroatoms. The van der Waals surface area contributed by atoms with Crippen molar-refractivity contribution in [1.82, 2.24) is 0 Å². The summed E-state index contributed by atoms with van der Waals surface area (Å²) in [4.78, 5) is 0. The summed E-state index contributed by atoms with van der Waals surface area (Å²) in [6.45, 7) is 2.74. The first-order valence-electron chi connectivity index (χ1n) is 11.8. The molecular weight excluding hydrogens is 393 g/mol. The fourth-order valence-corrected chi connectivity index (χ4v) is 4.31. The molecule has 0 saturated heterocycles. The molecule has 0 saturated carbocycles. The number of hydrogen-bond donors (Lipinski definition) is 1. The maximum atomic E-state index is 15.3. The molecule has 164 valence electrons.